The lowest BCUT2D eigenvalue weighted by Crippen LogP contribution is -2.67. The number of benzene rings is 2. The SMILES string of the molecule is O=C(Nc1ccc(F)c(F)c1)c1c(Cl)c(SNC2C3CCC34CC(O)(c3cc(-c5ccccc5)on3)CC24)c2n1CCC2. The molecule has 3 N–H and O–H groups in total. The van der Waals surface area contributed by atoms with Gasteiger partial charge >= 0.3 is 0 Å². The zero-order valence-electron chi connectivity index (χ0n) is 23.1. The average Bonchev–Trinajstić information content (AvgIpc) is 3.77. The Bertz CT molecular complexity index is 1760. The van der Waals surface area contributed by atoms with Crippen LogP contribution in [0, 0.1) is 28.9 Å². The molecule has 4 aliphatic rings. The van der Waals surface area contributed by atoms with Crippen LogP contribution in [0.15, 0.2) is 64.0 Å². The van der Waals surface area contributed by atoms with Crippen LogP contribution in [0.1, 0.15) is 54.0 Å². The van der Waals surface area contributed by atoms with Crippen LogP contribution in [0.3, 0.4) is 0 Å². The summed E-state index contributed by atoms with van der Waals surface area (Å²) in [6, 6.07) is 15.1. The molecule has 3 aliphatic carbocycles. The van der Waals surface area contributed by atoms with Crippen molar-refractivity contribution >= 4 is 35.1 Å². The van der Waals surface area contributed by atoms with E-state index in [-0.39, 0.29) is 23.1 Å². The molecule has 1 spiro atoms. The number of carbonyl (C=O) groups excluding carboxylic acids is 1. The van der Waals surface area contributed by atoms with Gasteiger partial charge in [-0.3, -0.25) is 9.52 Å². The van der Waals surface area contributed by atoms with Gasteiger partial charge in [0.2, 0.25) is 0 Å². The van der Waals surface area contributed by atoms with Crippen LogP contribution in [0.5, 0.6) is 0 Å². The maximum Gasteiger partial charge on any atom is 0.273 e. The molecule has 4 aromatic rings. The van der Waals surface area contributed by atoms with E-state index < -0.39 is 23.1 Å². The highest BCUT2D eigenvalue weighted by Crippen LogP contribution is 2.75. The van der Waals surface area contributed by atoms with Crippen molar-refractivity contribution in [1.29, 1.82) is 0 Å². The largest absolute Gasteiger partial charge is 0.383 e. The van der Waals surface area contributed by atoms with Crippen molar-refractivity contribution in [1.82, 2.24) is 14.4 Å². The van der Waals surface area contributed by atoms with Crippen LogP contribution < -0.4 is 10.0 Å². The van der Waals surface area contributed by atoms with Gasteiger partial charge in [0.05, 0.1) is 9.92 Å². The van der Waals surface area contributed by atoms with Crippen LogP contribution in [0.25, 0.3) is 11.3 Å². The third-order valence-electron chi connectivity index (χ3n) is 10.2. The molecule has 222 valence electrons. The first-order chi connectivity index (χ1) is 20.8. The van der Waals surface area contributed by atoms with Crippen molar-refractivity contribution in [2.24, 2.45) is 17.3 Å². The number of rotatable bonds is 7. The Hall–Kier alpha value is -3.18. The van der Waals surface area contributed by atoms with Crippen molar-refractivity contribution in [3.05, 3.63) is 88.3 Å². The van der Waals surface area contributed by atoms with E-state index in [4.69, 9.17) is 16.1 Å². The van der Waals surface area contributed by atoms with Crippen molar-refractivity contribution in [3.63, 3.8) is 0 Å². The first kappa shape index (κ1) is 27.4. The van der Waals surface area contributed by atoms with E-state index in [1.165, 1.54) is 18.0 Å². The van der Waals surface area contributed by atoms with E-state index in [2.05, 4.69) is 15.2 Å². The summed E-state index contributed by atoms with van der Waals surface area (Å²) in [5, 5.41) is 19.2. The number of fused-ring (bicyclic) bond motifs is 1. The van der Waals surface area contributed by atoms with Gasteiger partial charge in [-0.05, 0) is 79.9 Å². The van der Waals surface area contributed by atoms with Crippen LogP contribution in [0.4, 0.5) is 14.5 Å². The van der Waals surface area contributed by atoms with Gasteiger partial charge < -0.3 is 19.5 Å². The normalized spacial score (nSPS) is 28.5. The minimum Gasteiger partial charge on any atom is -0.383 e. The lowest BCUT2D eigenvalue weighted by molar-refractivity contribution is -0.148. The molecule has 0 radical (unpaired) electrons. The number of nitrogens with zero attached hydrogens (tertiary/aromatic N) is 2. The van der Waals surface area contributed by atoms with Gasteiger partial charge in [-0.25, -0.2) is 8.78 Å². The first-order valence-electron chi connectivity index (χ1n) is 14.6. The third kappa shape index (κ3) is 4.13. The first-order valence-corrected chi connectivity index (χ1v) is 15.8. The van der Waals surface area contributed by atoms with Crippen LogP contribution in [-0.4, -0.2) is 26.8 Å². The molecule has 1 aliphatic heterocycles. The Morgan fingerprint density at radius 3 is 2.74 bits per heavy atom. The number of hydrogen-bond acceptors (Lipinski definition) is 6. The summed E-state index contributed by atoms with van der Waals surface area (Å²) in [6.07, 6.45) is 5.15. The molecule has 0 saturated heterocycles. The number of anilines is 1. The molecule has 5 unspecified atom stereocenters. The van der Waals surface area contributed by atoms with E-state index >= 15 is 0 Å². The monoisotopic (exact) mass is 622 g/mol. The quantitative estimate of drug-likeness (QED) is 0.193. The summed E-state index contributed by atoms with van der Waals surface area (Å²) in [7, 11) is 0. The lowest BCUT2D eigenvalue weighted by atomic mass is 9.41. The van der Waals surface area contributed by atoms with Gasteiger partial charge in [0.1, 0.15) is 17.0 Å². The number of nitrogens with one attached hydrogen (secondary N) is 2. The summed E-state index contributed by atoms with van der Waals surface area (Å²) in [5.41, 5.74) is 2.06. The zero-order valence-corrected chi connectivity index (χ0v) is 24.7. The topological polar surface area (TPSA) is 92.3 Å². The summed E-state index contributed by atoms with van der Waals surface area (Å²) >= 11 is 8.30. The van der Waals surface area contributed by atoms with Crippen molar-refractivity contribution in [2.75, 3.05) is 5.32 Å². The molecule has 3 fully saturated rings. The fourth-order valence-corrected chi connectivity index (χ4v) is 9.69. The number of aromatic nitrogens is 2. The second kappa shape index (κ2) is 9.92. The third-order valence-corrected chi connectivity index (χ3v) is 11.8. The molecule has 43 heavy (non-hydrogen) atoms. The lowest BCUT2D eigenvalue weighted by Gasteiger charge is -2.66. The molecule has 1 amide bonds. The molecule has 2 aromatic heterocycles. The highest BCUT2D eigenvalue weighted by molar-refractivity contribution is 7.97. The van der Waals surface area contributed by atoms with Gasteiger partial charge in [0, 0.05) is 41.7 Å². The Balaban J connectivity index is 0.998. The fraction of sp³-hybridized carbons (Fsp3) is 0.375. The van der Waals surface area contributed by atoms with Crippen molar-refractivity contribution in [2.45, 2.75) is 61.6 Å². The maximum atomic E-state index is 13.7. The molecule has 0 bridgehead atoms. The Morgan fingerprint density at radius 2 is 1.98 bits per heavy atom. The Morgan fingerprint density at radius 1 is 1.14 bits per heavy atom. The van der Waals surface area contributed by atoms with E-state index in [0.29, 0.717) is 47.5 Å². The zero-order chi connectivity index (χ0) is 29.5. The highest BCUT2D eigenvalue weighted by atomic mass is 35.5. The molecule has 3 heterocycles. The van der Waals surface area contributed by atoms with E-state index in [1.807, 2.05) is 41.0 Å². The molecular formula is C32H29ClF2N4O3S. The van der Waals surface area contributed by atoms with Crippen LogP contribution in [0.2, 0.25) is 5.02 Å². The average molecular weight is 623 g/mol. The molecule has 5 atom stereocenters. The van der Waals surface area contributed by atoms with Crippen LogP contribution in [-0.2, 0) is 18.6 Å². The predicted molar refractivity (Wildman–Crippen MR) is 159 cm³/mol. The summed E-state index contributed by atoms with van der Waals surface area (Å²) in [5.74, 6) is -1.09. The van der Waals surface area contributed by atoms with Gasteiger partial charge in [-0.15, -0.1) is 0 Å². The number of halogens is 3. The molecule has 7 nitrogen and oxygen atoms in total. The minimum absolute atomic E-state index is 0.0980. The Kier molecular flexibility index (Phi) is 6.31. The summed E-state index contributed by atoms with van der Waals surface area (Å²) in [4.78, 5) is 14.1. The summed E-state index contributed by atoms with van der Waals surface area (Å²) < 4.78 is 38.4. The molecular weight excluding hydrogens is 594 g/mol. The van der Waals surface area contributed by atoms with E-state index in [1.54, 1.807) is 0 Å². The predicted octanol–water partition coefficient (Wildman–Crippen LogP) is 6.95. The minimum atomic E-state index is -1.04. The maximum absolute atomic E-state index is 13.7. The van der Waals surface area contributed by atoms with Gasteiger partial charge in [0.25, 0.3) is 5.91 Å². The van der Waals surface area contributed by atoms with E-state index in [0.717, 1.165) is 54.0 Å². The number of carbonyl (C=O) groups is 1. The summed E-state index contributed by atoms with van der Waals surface area (Å²) in [6.45, 7) is 0.656. The van der Waals surface area contributed by atoms with E-state index in [9.17, 15) is 18.7 Å². The Labute approximate surface area is 256 Å². The second-order valence-electron chi connectivity index (χ2n) is 12.4. The van der Waals surface area contributed by atoms with Crippen LogP contribution >= 0.6 is 23.5 Å². The smallest absolute Gasteiger partial charge is 0.273 e. The molecule has 3 saturated carbocycles. The van der Waals surface area contributed by atoms with Crippen molar-refractivity contribution in [3.8, 4) is 11.3 Å². The fourth-order valence-electron chi connectivity index (χ4n) is 8.18. The molecule has 8 rings (SSSR count). The second-order valence-corrected chi connectivity index (χ2v) is 13.6. The highest BCUT2D eigenvalue weighted by Gasteiger charge is 2.73. The number of hydrogen-bond donors (Lipinski definition) is 3. The van der Waals surface area contributed by atoms with Crippen molar-refractivity contribution < 1.29 is 23.2 Å². The standard InChI is InChI=1S/C32H29ClF2N4O3S/c33-26-28(30(40)36-18-8-9-21(34)22(35)13-18)39-12-4-7-23(39)29(26)43-38-27-19-10-11-31(19)16-32(41,15-20(27)31)25-14-24(42-37-25)17-5-2-1-3-6-17/h1-3,5-6,8-9,13-14,19-20,27,38,41H,4,7,10-12,15-16H2,(H,36,40). The number of aliphatic hydroxyl groups is 1. The number of amides is 1. The molecule has 2 aromatic carbocycles. The molecule has 11 heteroatoms. The van der Waals surface area contributed by atoms with Gasteiger partial charge in [-0.2, -0.15) is 0 Å². The van der Waals surface area contributed by atoms with Gasteiger partial charge in [-0.1, -0.05) is 47.1 Å². The van der Waals surface area contributed by atoms with Gasteiger partial charge in [0.15, 0.2) is 17.4 Å².